The van der Waals surface area contributed by atoms with Gasteiger partial charge in [-0.05, 0) is 54.2 Å². The smallest absolute Gasteiger partial charge is 0.119 e. The highest BCUT2D eigenvalue weighted by molar-refractivity contribution is 5.76. The number of rotatable bonds is 9. The first-order chi connectivity index (χ1) is 15.1. The average molecular weight is 413 g/mol. The Labute approximate surface area is 185 Å². The minimum Gasteiger partial charge on any atom is -0.494 e. The van der Waals surface area contributed by atoms with E-state index in [2.05, 4.69) is 73.9 Å². The zero-order chi connectivity index (χ0) is 21.6. The first-order valence-corrected chi connectivity index (χ1v) is 11.3. The Balaban J connectivity index is 1.52. The van der Waals surface area contributed by atoms with Crippen molar-refractivity contribution in [3.8, 4) is 5.75 Å². The van der Waals surface area contributed by atoms with Crippen molar-refractivity contribution in [1.82, 2.24) is 9.55 Å². The number of ether oxygens (including phenoxy) is 1. The molecule has 3 heteroatoms. The highest BCUT2D eigenvalue weighted by Crippen LogP contribution is 2.28. The largest absolute Gasteiger partial charge is 0.494 e. The topological polar surface area (TPSA) is 27.1 Å². The van der Waals surface area contributed by atoms with Crippen LogP contribution < -0.4 is 4.74 Å². The number of nitrogens with zero attached hydrogens (tertiary/aromatic N) is 2. The monoisotopic (exact) mass is 412 g/mol. The van der Waals surface area contributed by atoms with E-state index in [1.807, 2.05) is 30.3 Å². The van der Waals surface area contributed by atoms with E-state index in [1.54, 1.807) is 0 Å². The molecular formula is C28H32N2O. The van der Waals surface area contributed by atoms with Crippen molar-refractivity contribution in [1.29, 1.82) is 0 Å². The third kappa shape index (κ3) is 5.16. The van der Waals surface area contributed by atoms with Crippen LogP contribution in [-0.2, 0) is 13.0 Å². The number of aromatic nitrogens is 2. The van der Waals surface area contributed by atoms with Crippen molar-refractivity contribution < 1.29 is 4.74 Å². The zero-order valence-electron chi connectivity index (χ0n) is 18.8. The minimum absolute atomic E-state index is 0.232. The van der Waals surface area contributed by atoms with E-state index in [4.69, 9.17) is 9.72 Å². The highest BCUT2D eigenvalue weighted by atomic mass is 16.5. The molecule has 1 atom stereocenters. The van der Waals surface area contributed by atoms with Crippen molar-refractivity contribution in [2.45, 2.75) is 46.1 Å². The fraction of sp³-hybridized carbons (Fsp3) is 0.321. The lowest BCUT2D eigenvalue weighted by atomic mass is 9.96. The van der Waals surface area contributed by atoms with Gasteiger partial charge in [0.1, 0.15) is 11.6 Å². The first kappa shape index (κ1) is 21.2. The van der Waals surface area contributed by atoms with Crippen LogP contribution in [0, 0.1) is 5.92 Å². The molecule has 0 saturated heterocycles. The molecule has 0 fully saturated rings. The van der Waals surface area contributed by atoms with E-state index in [1.165, 1.54) is 16.6 Å². The number of aryl methyl sites for hydroxylation is 1. The standard InChI is InChI=1S/C28H32N2O/c1-21(2)20-23-14-16-24(17-15-23)22(3)28-29-26-12-7-8-13-27(26)30(28)18-9-19-31-25-10-5-4-6-11-25/h4-8,10-17,21-22H,9,18-20H2,1-3H3/t22-/m0/s1. The predicted molar refractivity (Wildman–Crippen MR) is 129 cm³/mol. The SMILES string of the molecule is CC(C)Cc1ccc([C@H](C)c2nc3ccccc3n2CCCOc2ccccc2)cc1. The van der Waals surface area contributed by atoms with Crippen LogP contribution in [0.5, 0.6) is 5.75 Å². The van der Waals surface area contributed by atoms with E-state index in [9.17, 15) is 0 Å². The second kappa shape index (κ2) is 9.82. The lowest BCUT2D eigenvalue weighted by Crippen LogP contribution is -2.11. The molecule has 1 aromatic heterocycles. The second-order valence-electron chi connectivity index (χ2n) is 8.69. The van der Waals surface area contributed by atoms with Gasteiger partial charge in [-0.1, -0.05) is 75.4 Å². The number of benzene rings is 3. The third-order valence-corrected chi connectivity index (χ3v) is 5.73. The molecule has 0 bridgehead atoms. The predicted octanol–water partition coefficient (Wildman–Crippen LogP) is 6.86. The molecule has 160 valence electrons. The van der Waals surface area contributed by atoms with Gasteiger partial charge in [-0.25, -0.2) is 4.98 Å². The first-order valence-electron chi connectivity index (χ1n) is 11.3. The van der Waals surface area contributed by atoms with Gasteiger partial charge in [0.05, 0.1) is 17.6 Å². The van der Waals surface area contributed by atoms with E-state index >= 15 is 0 Å². The molecule has 0 aliphatic carbocycles. The molecule has 31 heavy (non-hydrogen) atoms. The summed E-state index contributed by atoms with van der Waals surface area (Å²) in [4.78, 5) is 5.02. The summed E-state index contributed by atoms with van der Waals surface area (Å²) in [6.45, 7) is 8.36. The van der Waals surface area contributed by atoms with E-state index in [-0.39, 0.29) is 5.92 Å². The molecule has 0 N–H and O–H groups in total. The summed E-state index contributed by atoms with van der Waals surface area (Å²) in [5.74, 6) is 2.95. The summed E-state index contributed by atoms with van der Waals surface area (Å²) in [5.41, 5.74) is 4.97. The fourth-order valence-corrected chi connectivity index (χ4v) is 4.15. The third-order valence-electron chi connectivity index (χ3n) is 5.73. The maximum absolute atomic E-state index is 5.91. The minimum atomic E-state index is 0.232. The molecule has 4 rings (SSSR count). The van der Waals surface area contributed by atoms with Gasteiger partial charge in [-0.2, -0.15) is 0 Å². The van der Waals surface area contributed by atoms with Crippen LogP contribution in [0.2, 0.25) is 0 Å². The Morgan fingerprint density at radius 3 is 2.29 bits per heavy atom. The van der Waals surface area contributed by atoms with Gasteiger partial charge in [0.25, 0.3) is 0 Å². The van der Waals surface area contributed by atoms with Crippen molar-refractivity contribution in [3.05, 3.63) is 95.8 Å². The molecule has 1 heterocycles. The maximum Gasteiger partial charge on any atom is 0.119 e. The Bertz CT molecular complexity index is 1100. The van der Waals surface area contributed by atoms with Crippen LogP contribution in [0.25, 0.3) is 11.0 Å². The second-order valence-corrected chi connectivity index (χ2v) is 8.69. The summed E-state index contributed by atoms with van der Waals surface area (Å²) >= 11 is 0. The molecule has 0 amide bonds. The van der Waals surface area contributed by atoms with Gasteiger partial charge in [-0.3, -0.25) is 0 Å². The van der Waals surface area contributed by atoms with E-state index in [0.717, 1.165) is 36.5 Å². The van der Waals surface area contributed by atoms with Crippen LogP contribution in [0.15, 0.2) is 78.9 Å². The summed E-state index contributed by atoms with van der Waals surface area (Å²) in [7, 11) is 0. The molecule has 3 nitrogen and oxygen atoms in total. The van der Waals surface area contributed by atoms with Crippen molar-refractivity contribution >= 4 is 11.0 Å². The molecule has 3 aromatic carbocycles. The van der Waals surface area contributed by atoms with Gasteiger partial charge in [0, 0.05) is 12.5 Å². The van der Waals surface area contributed by atoms with Crippen LogP contribution in [0.3, 0.4) is 0 Å². The van der Waals surface area contributed by atoms with Gasteiger partial charge >= 0.3 is 0 Å². The van der Waals surface area contributed by atoms with Crippen LogP contribution >= 0.6 is 0 Å². The highest BCUT2D eigenvalue weighted by Gasteiger charge is 2.18. The Hall–Kier alpha value is -3.07. The summed E-state index contributed by atoms with van der Waals surface area (Å²) in [6.07, 6.45) is 2.05. The number of fused-ring (bicyclic) bond motifs is 1. The van der Waals surface area contributed by atoms with E-state index < -0.39 is 0 Å². The summed E-state index contributed by atoms with van der Waals surface area (Å²) < 4.78 is 8.28. The molecular weight excluding hydrogens is 380 g/mol. The maximum atomic E-state index is 5.91. The van der Waals surface area contributed by atoms with Crippen molar-refractivity contribution in [2.24, 2.45) is 5.92 Å². The molecule has 0 radical (unpaired) electrons. The molecule has 0 aliphatic rings. The molecule has 0 spiro atoms. The Morgan fingerprint density at radius 1 is 0.839 bits per heavy atom. The van der Waals surface area contributed by atoms with Crippen LogP contribution in [0.1, 0.15) is 50.1 Å². The molecule has 0 unspecified atom stereocenters. The van der Waals surface area contributed by atoms with Crippen molar-refractivity contribution in [2.75, 3.05) is 6.61 Å². The number of imidazole rings is 1. The van der Waals surface area contributed by atoms with Crippen LogP contribution in [-0.4, -0.2) is 16.2 Å². The lowest BCUT2D eigenvalue weighted by molar-refractivity contribution is 0.301. The molecule has 0 aliphatic heterocycles. The zero-order valence-corrected chi connectivity index (χ0v) is 18.8. The molecule has 4 aromatic rings. The van der Waals surface area contributed by atoms with E-state index in [0.29, 0.717) is 12.5 Å². The lowest BCUT2D eigenvalue weighted by Gasteiger charge is -2.16. The number of hydrogen-bond acceptors (Lipinski definition) is 2. The Morgan fingerprint density at radius 2 is 1.55 bits per heavy atom. The number of hydrogen-bond donors (Lipinski definition) is 0. The van der Waals surface area contributed by atoms with Gasteiger partial charge in [0.2, 0.25) is 0 Å². The van der Waals surface area contributed by atoms with Crippen LogP contribution in [0.4, 0.5) is 0 Å². The van der Waals surface area contributed by atoms with Gasteiger partial charge in [0.15, 0.2) is 0 Å². The summed E-state index contributed by atoms with van der Waals surface area (Å²) in [6, 6.07) is 27.5. The van der Waals surface area contributed by atoms with Gasteiger partial charge in [-0.15, -0.1) is 0 Å². The normalized spacial score (nSPS) is 12.4. The summed E-state index contributed by atoms with van der Waals surface area (Å²) in [5, 5.41) is 0. The number of para-hydroxylation sites is 3. The Kier molecular flexibility index (Phi) is 6.71. The van der Waals surface area contributed by atoms with Gasteiger partial charge < -0.3 is 9.30 Å². The molecule has 0 saturated carbocycles. The van der Waals surface area contributed by atoms with Crippen molar-refractivity contribution in [3.63, 3.8) is 0 Å². The average Bonchev–Trinajstić information content (AvgIpc) is 3.16. The quantitative estimate of drug-likeness (QED) is 0.281. The fourth-order valence-electron chi connectivity index (χ4n) is 4.15.